The summed E-state index contributed by atoms with van der Waals surface area (Å²) in [5.74, 6) is 0.175. The number of hydrogen-bond acceptors (Lipinski definition) is 3. The molecular weight excluding hydrogens is 214 g/mol. The maximum Gasteiger partial charge on any atom is 0.152 e. The Hall–Kier alpha value is -1.16. The van der Waals surface area contributed by atoms with Crippen LogP contribution in [0.1, 0.15) is 46.4 Å². The van der Waals surface area contributed by atoms with E-state index in [1.54, 1.807) is 0 Å². The second kappa shape index (κ2) is 5.45. The highest BCUT2D eigenvalue weighted by Crippen LogP contribution is 2.05. The lowest BCUT2D eigenvalue weighted by molar-refractivity contribution is -0.117. The van der Waals surface area contributed by atoms with Crippen LogP contribution in [0.5, 0.6) is 0 Å². The number of Topliss-reactive ketones (excluding diaryl/α,β-unsaturated/α-hetero) is 1. The van der Waals surface area contributed by atoms with Gasteiger partial charge in [-0.15, -0.1) is 0 Å². The van der Waals surface area contributed by atoms with Gasteiger partial charge in [-0.25, -0.2) is 0 Å². The molecule has 1 heterocycles. The molecule has 17 heavy (non-hydrogen) atoms. The van der Waals surface area contributed by atoms with Crippen LogP contribution >= 0.6 is 0 Å². The summed E-state index contributed by atoms with van der Waals surface area (Å²) in [6, 6.07) is 2.25. The van der Waals surface area contributed by atoms with Crippen molar-refractivity contribution in [1.29, 1.82) is 0 Å². The van der Waals surface area contributed by atoms with Gasteiger partial charge in [0.15, 0.2) is 5.78 Å². The van der Waals surface area contributed by atoms with Crippen LogP contribution < -0.4 is 5.32 Å². The average molecular weight is 237 g/mol. The second-order valence-corrected chi connectivity index (χ2v) is 5.70. The van der Waals surface area contributed by atoms with E-state index in [-0.39, 0.29) is 11.3 Å². The van der Waals surface area contributed by atoms with E-state index in [4.69, 9.17) is 0 Å². The van der Waals surface area contributed by atoms with Crippen molar-refractivity contribution in [2.24, 2.45) is 0 Å². The summed E-state index contributed by atoms with van der Waals surface area (Å²) < 4.78 is 1.87. The molecule has 4 heteroatoms. The van der Waals surface area contributed by atoms with E-state index in [0.29, 0.717) is 19.0 Å². The van der Waals surface area contributed by atoms with E-state index in [0.717, 1.165) is 5.69 Å². The van der Waals surface area contributed by atoms with Gasteiger partial charge in [-0.3, -0.25) is 9.48 Å². The number of aromatic nitrogens is 2. The number of carbonyl (C=O) groups excluding carboxylic acids is 1. The van der Waals surface area contributed by atoms with Crippen molar-refractivity contribution in [1.82, 2.24) is 15.1 Å². The van der Waals surface area contributed by atoms with Crippen LogP contribution in [0.25, 0.3) is 0 Å². The second-order valence-electron chi connectivity index (χ2n) is 5.70. The Kier molecular flexibility index (Phi) is 4.46. The highest BCUT2D eigenvalue weighted by atomic mass is 16.1. The van der Waals surface area contributed by atoms with E-state index in [1.165, 1.54) is 0 Å². The summed E-state index contributed by atoms with van der Waals surface area (Å²) in [5, 5.41) is 7.55. The third-order valence-electron chi connectivity index (χ3n) is 2.39. The molecule has 0 fully saturated rings. The summed E-state index contributed by atoms with van der Waals surface area (Å²) in [6.07, 6.45) is 2.33. The smallest absolute Gasteiger partial charge is 0.152 e. The fourth-order valence-electron chi connectivity index (χ4n) is 1.39. The van der Waals surface area contributed by atoms with E-state index in [9.17, 15) is 4.79 Å². The fourth-order valence-corrected chi connectivity index (χ4v) is 1.39. The van der Waals surface area contributed by atoms with Crippen molar-refractivity contribution in [2.75, 3.05) is 6.54 Å². The quantitative estimate of drug-likeness (QED) is 0.851. The van der Waals surface area contributed by atoms with Crippen LogP contribution in [0.2, 0.25) is 0 Å². The zero-order valence-corrected chi connectivity index (χ0v) is 11.4. The number of hydrogen-bond donors (Lipinski definition) is 1. The molecule has 1 N–H and O–H groups in total. The molecule has 96 valence electrons. The Morgan fingerprint density at radius 1 is 1.47 bits per heavy atom. The summed E-state index contributed by atoms with van der Waals surface area (Å²) >= 11 is 0. The van der Waals surface area contributed by atoms with Crippen molar-refractivity contribution in [2.45, 2.75) is 52.6 Å². The first kappa shape index (κ1) is 13.9. The number of ketones is 1. The van der Waals surface area contributed by atoms with E-state index < -0.39 is 0 Å². The van der Waals surface area contributed by atoms with Crippen LogP contribution in [0.4, 0.5) is 0 Å². The number of rotatable bonds is 5. The predicted molar refractivity (Wildman–Crippen MR) is 69.1 cm³/mol. The Morgan fingerprint density at radius 2 is 2.12 bits per heavy atom. The van der Waals surface area contributed by atoms with Crippen molar-refractivity contribution < 1.29 is 4.79 Å². The summed E-state index contributed by atoms with van der Waals surface area (Å²) in [5.41, 5.74) is 0.826. The topological polar surface area (TPSA) is 46.9 Å². The molecule has 4 nitrogen and oxygen atoms in total. The molecule has 0 saturated carbocycles. The van der Waals surface area contributed by atoms with E-state index in [1.807, 2.05) is 37.7 Å². The number of nitrogens with one attached hydrogen (secondary N) is 1. The van der Waals surface area contributed by atoms with Crippen molar-refractivity contribution >= 4 is 5.78 Å². The molecule has 1 rings (SSSR count). The van der Waals surface area contributed by atoms with Crippen LogP contribution in [0, 0.1) is 0 Å². The Bertz CT molecular complexity index is 374. The van der Waals surface area contributed by atoms with E-state index in [2.05, 4.69) is 24.3 Å². The normalized spacial score (nSPS) is 12.1. The first-order valence-corrected chi connectivity index (χ1v) is 6.09. The van der Waals surface area contributed by atoms with Gasteiger partial charge in [0.25, 0.3) is 0 Å². The standard InChI is InChI=1S/C13H23N3O/c1-10(2)16-7-6-11(15-16)8-12(17)9-14-13(3,4)5/h6-7,10,14H,8-9H2,1-5H3. The van der Waals surface area contributed by atoms with Gasteiger partial charge in [-0.2, -0.15) is 5.10 Å². The van der Waals surface area contributed by atoms with Gasteiger partial charge in [0.1, 0.15) is 0 Å². The lowest BCUT2D eigenvalue weighted by Gasteiger charge is -2.19. The monoisotopic (exact) mass is 237 g/mol. The molecule has 0 spiro atoms. The molecule has 0 aliphatic rings. The van der Waals surface area contributed by atoms with Crippen LogP contribution in [-0.2, 0) is 11.2 Å². The van der Waals surface area contributed by atoms with Gasteiger partial charge >= 0.3 is 0 Å². The SMILES string of the molecule is CC(C)n1ccc(CC(=O)CNC(C)(C)C)n1. The van der Waals surface area contributed by atoms with Crippen molar-refractivity contribution in [3.8, 4) is 0 Å². The summed E-state index contributed by atoms with van der Waals surface area (Å²) in [7, 11) is 0. The fraction of sp³-hybridized carbons (Fsp3) is 0.692. The van der Waals surface area contributed by atoms with Gasteiger partial charge in [0.05, 0.1) is 18.7 Å². The zero-order chi connectivity index (χ0) is 13.1. The average Bonchev–Trinajstić information content (AvgIpc) is 2.62. The molecular formula is C13H23N3O. The Morgan fingerprint density at radius 3 is 2.59 bits per heavy atom. The van der Waals surface area contributed by atoms with Gasteiger partial charge in [-0.05, 0) is 40.7 Å². The summed E-state index contributed by atoms with van der Waals surface area (Å²) in [6.45, 7) is 10.7. The number of carbonyl (C=O) groups is 1. The summed E-state index contributed by atoms with van der Waals surface area (Å²) in [4.78, 5) is 11.7. The third-order valence-corrected chi connectivity index (χ3v) is 2.39. The Balaban J connectivity index is 2.45. The molecule has 0 unspecified atom stereocenters. The molecule has 0 aliphatic carbocycles. The molecule has 0 amide bonds. The van der Waals surface area contributed by atoms with Crippen LogP contribution in [-0.4, -0.2) is 27.6 Å². The highest BCUT2D eigenvalue weighted by Gasteiger charge is 2.12. The molecule has 0 radical (unpaired) electrons. The third kappa shape index (κ3) is 5.13. The minimum Gasteiger partial charge on any atom is -0.305 e. The van der Waals surface area contributed by atoms with Crippen LogP contribution in [0.3, 0.4) is 0 Å². The molecule has 0 atom stereocenters. The first-order valence-electron chi connectivity index (χ1n) is 6.09. The van der Waals surface area contributed by atoms with Crippen molar-refractivity contribution in [3.05, 3.63) is 18.0 Å². The lowest BCUT2D eigenvalue weighted by Crippen LogP contribution is -2.39. The molecule has 0 bridgehead atoms. The van der Waals surface area contributed by atoms with Crippen molar-refractivity contribution in [3.63, 3.8) is 0 Å². The minimum atomic E-state index is -0.0209. The van der Waals surface area contributed by atoms with E-state index >= 15 is 0 Å². The van der Waals surface area contributed by atoms with Gasteiger partial charge in [0.2, 0.25) is 0 Å². The van der Waals surface area contributed by atoms with Gasteiger partial charge in [0, 0.05) is 17.8 Å². The zero-order valence-electron chi connectivity index (χ0n) is 11.4. The lowest BCUT2D eigenvalue weighted by atomic mass is 10.1. The van der Waals surface area contributed by atoms with Crippen LogP contribution in [0.15, 0.2) is 12.3 Å². The molecule has 1 aromatic heterocycles. The van der Waals surface area contributed by atoms with Gasteiger partial charge < -0.3 is 5.32 Å². The molecule has 0 aromatic carbocycles. The Labute approximate surface area is 103 Å². The molecule has 1 aromatic rings. The molecule has 0 aliphatic heterocycles. The minimum absolute atomic E-state index is 0.0209. The first-order chi connectivity index (χ1) is 7.78. The predicted octanol–water partition coefficient (Wildman–Crippen LogP) is 1.96. The molecule has 0 saturated heterocycles. The number of nitrogens with zero attached hydrogens (tertiary/aromatic N) is 2. The largest absolute Gasteiger partial charge is 0.305 e. The van der Waals surface area contributed by atoms with Gasteiger partial charge in [-0.1, -0.05) is 0 Å². The maximum absolute atomic E-state index is 11.7. The maximum atomic E-state index is 11.7. The highest BCUT2D eigenvalue weighted by molar-refractivity contribution is 5.82.